The van der Waals surface area contributed by atoms with Crippen molar-refractivity contribution in [2.75, 3.05) is 11.9 Å². The minimum absolute atomic E-state index is 0.00830. The van der Waals surface area contributed by atoms with E-state index in [1.165, 1.54) is 16.0 Å². The van der Waals surface area contributed by atoms with Gasteiger partial charge in [-0.15, -0.1) is 11.3 Å². The average molecular weight is 469 g/mol. The molecule has 0 bridgehead atoms. The van der Waals surface area contributed by atoms with Crippen LogP contribution in [0.1, 0.15) is 23.7 Å². The molecule has 0 aliphatic rings. The molecule has 2 aromatic carbocycles. The first-order valence-corrected chi connectivity index (χ1v) is 11.2. The number of carbonyl (C=O) groups excluding carboxylic acids is 1. The number of amides is 1. The van der Waals surface area contributed by atoms with E-state index in [1.807, 2.05) is 36.6 Å². The van der Waals surface area contributed by atoms with Gasteiger partial charge in [-0.05, 0) is 56.3 Å². The van der Waals surface area contributed by atoms with E-state index >= 15 is 0 Å². The number of benzene rings is 2. The fourth-order valence-corrected chi connectivity index (χ4v) is 4.14. The highest BCUT2D eigenvalue weighted by atomic mass is 32.1. The van der Waals surface area contributed by atoms with Gasteiger partial charge in [0.05, 0.1) is 31.5 Å². The van der Waals surface area contributed by atoms with Crippen molar-refractivity contribution in [3.63, 3.8) is 0 Å². The molecule has 0 aliphatic heterocycles. The molecule has 4 aromatic rings. The molecular formula is C24H22F2N4O2S. The third-order valence-electron chi connectivity index (χ3n) is 4.91. The molecule has 0 saturated carbocycles. The van der Waals surface area contributed by atoms with Gasteiger partial charge in [0.2, 0.25) is 5.91 Å². The minimum atomic E-state index is -0.536. The van der Waals surface area contributed by atoms with Gasteiger partial charge in [-0.25, -0.2) is 18.4 Å². The van der Waals surface area contributed by atoms with Crippen molar-refractivity contribution in [3.8, 4) is 16.3 Å². The summed E-state index contributed by atoms with van der Waals surface area (Å²) in [5, 5.41) is 9.67. The Hall–Kier alpha value is -3.59. The summed E-state index contributed by atoms with van der Waals surface area (Å²) in [6, 6.07) is 10.9. The van der Waals surface area contributed by atoms with Crippen molar-refractivity contribution < 1.29 is 18.3 Å². The number of aromatic nitrogens is 3. The Kier molecular flexibility index (Phi) is 6.79. The van der Waals surface area contributed by atoms with Crippen LogP contribution in [0.2, 0.25) is 0 Å². The van der Waals surface area contributed by atoms with Crippen molar-refractivity contribution in [1.29, 1.82) is 0 Å². The summed E-state index contributed by atoms with van der Waals surface area (Å²) < 4.78 is 34.4. The van der Waals surface area contributed by atoms with Crippen LogP contribution in [0.3, 0.4) is 0 Å². The third-order valence-corrected chi connectivity index (χ3v) is 5.85. The van der Waals surface area contributed by atoms with E-state index in [2.05, 4.69) is 15.4 Å². The molecule has 0 spiro atoms. The van der Waals surface area contributed by atoms with Gasteiger partial charge in [0.1, 0.15) is 28.2 Å². The fourth-order valence-electron chi connectivity index (χ4n) is 3.31. The van der Waals surface area contributed by atoms with Crippen molar-refractivity contribution in [2.45, 2.75) is 26.8 Å². The van der Waals surface area contributed by atoms with E-state index in [1.54, 1.807) is 13.1 Å². The predicted molar refractivity (Wildman–Crippen MR) is 123 cm³/mol. The number of nitrogens with zero attached hydrogens (tertiary/aromatic N) is 3. The number of aryl methyl sites for hydroxylation is 1. The van der Waals surface area contributed by atoms with Crippen LogP contribution in [0.4, 0.5) is 14.6 Å². The van der Waals surface area contributed by atoms with E-state index in [9.17, 15) is 13.6 Å². The molecule has 2 heterocycles. The molecule has 0 radical (unpaired) electrons. The van der Waals surface area contributed by atoms with Crippen LogP contribution in [0.25, 0.3) is 10.6 Å². The maximum Gasteiger partial charge on any atom is 0.231 e. The number of thiazole rings is 1. The molecule has 0 atom stereocenters. The Bertz CT molecular complexity index is 1270. The topological polar surface area (TPSA) is 69.0 Å². The minimum Gasteiger partial charge on any atom is -0.494 e. The lowest BCUT2D eigenvalue weighted by Crippen LogP contribution is -2.19. The molecular weight excluding hydrogens is 446 g/mol. The number of ether oxygens (including phenoxy) is 1. The average Bonchev–Trinajstić information content (AvgIpc) is 3.39. The first kappa shape index (κ1) is 22.6. The first-order valence-electron chi connectivity index (χ1n) is 10.4. The highest BCUT2D eigenvalue weighted by molar-refractivity contribution is 7.13. The Morgan fingerprint density at radius 2 is 1.97 bits per heavy atom. The van der Waals surface area contributed by atoms with Gasteiger partial charge in [0.15, 0.2) is 0 Å². The molecule has 170 valence electrons. The second kappa shape index (κ2) is 9.91. The summed E-state index contributed by atoms with van der Waals surface area (Å²) in [4.78, 5) is 17.2. The van der Waals surface area contributed by atoms with Crippen LogP contribution < -0.4 is 10.1 Å². The molecule has 1 amide bonds. The van der Waals surface area contributed by atoms with E-state index in [0.29, 0.717) is 23.7 Å². The summed E-state index contributed by atoms with van der Waals surface area (Å²) in [7, 11) is 0. The smallest absolute Gasteiger partial charge is 0.231 e. The quantitative estimate of drug-likeness (QED) is 0.385. The van der Waals surface area contributed by atoms with Crippen LogP contribution in [0.15, 0.2) is 54.0 Å². The molecule has 1 N–H and O–H groups in total. The van der Waals surface area contributed by atoms with Crippen LogP contribution in [0, 0.1) is 18.6 Å². The van der Waals surface area contributed by atoms with E-state index in [4.69, 9.17) is 4.74 Å². The van der Waals surface area contributed by atoms with Crippen LogP contribution >= 0.6 is 11.3 Å². The van der Waals surface area contributed by atoms with E-state index in [0.717, 1.165) is 34.5 Å². The highest BCUT2D eigenvalue weighted by Gasteiger charge is 2.15. The predicted octanol–water partition coefficient (Wildman–Crippen LogP) is 5.22. The van der Waals surface area contributed by atoms with Crippen molar-refractivity contribution in [1.82, 2.24) is 14.8 Å². The van der Waals surface area contributed by atoms with Gasteiger partial charge in [0, 0.05) is 22.1 Å². The highest BCUT2D eigenvalue weighted by Crippen LogP contribution is 2.26. The van der Waals surface area contributed by atoms with E-state index < -0.39 is 11.6 Å². The zero-order chi connectivity index (χ0) is 23.4. The normalized spacial score (nSPS) is 10.9. The molecule has 9 heteroatoms. The first-order chi connectivity index (χ1) is 15.9. The number of anilines is 1. The summed E-state index contributed by atoms with van der Waals surface area (Å²) in [5.41, 5.74) is 2.45. The Morgan fingerprint density at radius 3 is 2.73 bits per heavy atom. The maximum absolute atomic E-state index is 14.0. The standard InChI is InChI=1S/C24H22F2N4O2S/c1-3-32-20-7-4-16(5-8-20)24-28-19(14-33-24)11-22(31)29-23-15(2)12-27-30(23)13-17-10-18(25)6-9-21(17)26/h4-10,12,14H,3,11,13H2,1-2H3,(H,29,31). The number of nitrogens with one attached hydrogen (secondary N) is 1. The van der Waals surface area contributed by atoms with Crippen LogP contribution in [-0.2, 0) is 17.8 Å². The lowest BCUT2D eigenvalue weighted by molar-refractivity contribution is -0.115. The number of rotatable bonds is 8. The molecule has 2 aromatic heterocycles. The van der Waals surface area contributed by atoms with Crippen LogP contribution in [0.5, 0.6) is 5.75 Å². The molecule has 0 unspecified atom stereocenters. The van der Waals surface area contributed by atoms with Gasteiger partial charge in [-0.2, -0.15) is 5.10 Å². The number of hydrogen-bond donors (Lipinski definition) is 1. The van der Waals surface area contributed by atoms with Gasteiger partial charge >= 0.3 is 0 Å². The fraction of sp³-hybridized carbons (Fsp3) is 0.208. The summed E-state index contributed by atoms with van der Waals surface area (Å²) in [6.07, 6.45) is 1.64. The third kappa shape index (κ3) is 5.43. The van der Waals surface area contributed by atoms with Gasteiger partial charge in [0.25, 0.3) is 0 Å². The lowest BCUT2D eigenvalue weighted by atomic mass is 10.2. The molecule has 0 aliphatic carbocycles. The molecule has 4 rings (SSSR count). The van der Waals surface area contributed by atoms with E-state index in [-0.39, 0.29) is 24.4 Å². The Morgan fingerprint density at radius 1 is 1.18 bits per heavy atom. The van der Waals surface area contributed by atoms with Crippen molar-refractivity contribution in [2.24, 2.45) is 0 Å². The summed E-state index contributed by atoms with van der Waals surface area (Å²) >= 11 is 1.46. The van der Waals surface area contributed by atoms with Gasteiger partial charge in [-0.1, -0.05) is 0 Å². The van der Waals surface area contributed by atoms with Crippen molar-refractivity contribution >= 4 is 23.1 Å². The Balaban J connectivity index is 1.43. The SMILES string of the molecule is CCOc1ccc(-c2nc(CC(=O)Nc3c(C)cnn3Cc3cc(F)ccc3F)cs2)cc1. The molecule has 33 heavy (non-hydrogen) atoms. The summed E-state index contributed by atoms with van der Waals surface area (Å²) in [6.45, 7) is 4.31. The largest absolute Gasteiger partial charge is 0.494 e. The van der Waals surface area contributed by atoms with Crippen molar-refractivity contribution in [3.05, 3.63) is 82.5 Å². The second-order valence-corrected chi connectivity index (χ2v) is 8.25. The van der Waals surface area contributed by atoms with Gasteiger partial charge < -0.3 is 10.1 Å². The monoisotopic (exact) mass is 468 g/mol. The Labute approximate surface area is 193 Å². The molecule has 6 nitrogen and oxygen atoms in total. The lowest BCUT2D eigenvalue weighted by Gasteiger charge is -2.11. The van der Waals surface area contributed by atoms with Crippen LogP contribution in [-0.4, -0.2) is 27.3 Å². The zero-order valence-corrected chi connectivity index (χ0v) is 19.0. The molecule has 0 fully saturated rings. The zero-order valence-electron chi connectivity index (χ0n) is 18.1. The number of halogens is 2. The maximum atomic E-state index is 14.0. The van der Waals surface area contributed by atoms with Gasteiger partial charge in [-0.3, -0.25) is 4.79 Å². The second-order valence-electron chi connectivity index (χ2n) is 7.40. The number of hydrogen-bond acceptors (Lipinski definition) is 5. The molecule has 0 saturated heterocycles. The summed E-state index contributed by atoms with van der Waals surface area (Å²) in [5.74, 6) is -0.116. The number of carbonyl (C=O) groups is 1.